The molecule has 8 nitrogen and oxygen atoms in total. The topological polar surface area (TPSA) is 70.8 Å². The van der Waals surface area contributed by atoms with E-state index in [9.17, 15) is 0 Å². The van der Waals surface area contributed by atoms with Crippen LogP contribution in [-0.2, 0) is 11.3 Å². The number of ether oxygens (including phenoxy) is 1. The largest absolute Gasteiger partial charge is 0.423 e. The van der Waals surface area contributed by atoms with Crippen molar-refractivity contribution in [3.63, 3.8) is 0 Å². The first kappa shape index (κ1) is 17.1. The van der Waals surface area contributed by atoms with Crippen LogP contribution >= 0.6 is 0 Å². The van der Waals surface area contributed by atoms with Crippen LogP contribution in [0.4, 0.5) is 5.82 Å². The Balaban J connectivity index is 1.07. The number of piperazine rings is 1. The van der Waals surface area contributed by atoms with Crippen molar-refractivity contribution in [3.05, 3.63) is 36.2 Å². The van der Waals surface area contributed by atoms with Gasteiger partial charge in [-0.25, -0.2) is 4.98 Å². The molecule has 2 aromatic heterocycles. The van der Waals surface area contributed by atoms with Gasteiger partial charge in [-0.15, -0.1) is 10.2 Å². The summed E-state index contributed by atoms with van der Waals surface area (Å²) in [7, 11) is 0. The first-order valence-corrected chi connectivity index (χ1v) is 9.87. The van der Waals surface area contributed by atoms with Gasteiger partial charge in [-0.05, 0) is 18.6 Å². The Kier molecular flexibility index (Phi) is 4.77. The minimum absolute atomic E-state index is 0.283. The second-order valence-corrected chi connectivity index (χ2v) is 7.65. The molecule has 0 radical (unpaired) electrons. The molecule has 8 heteroatoms. The predicted octanol–water partition coefficient (Wildman–Crippen LogP) is 0.975. The van der Waals surface area contributed by atoms with Crippen LogP contribution in [0.1, 0.15) is 24.1 Å². The van der Waals surface area contributed by atoms with Crippen molar-refractivity contribution in [1.29, 1.82) is 0 Å². The van der Waals surface area contributed by atoms with E-state index in [2.05, 4.69) is 42.0 Å². The molecule has 3 aliphatic rings. The highest BCUT2D eigenvalue weighted by molar-refractivity contribution is 5.38. The summed E-state index contributed by atoms with van der Waals surface area (Å²) in [6.45, 7) is 8.70. The van der Waals surface area contributed by atoms with Gasteiger partial charge in [-0.3, -0.25) is 9.80 Å². The van der Waals surface area contributed by atoms with Gasteiger partial charge in [0.1, 0.15) is 5.82 Å². The maximum absolute atomic E-state index is 5.85. The fraction of sp³-hybridized carbons (Fsp3) is 0.632. The van der Waals surface area contributed by atoms with E-state index in [-0.39, 0.29) is 5.92 Å². The quantitative estimate of drug-likeness (QED) is 0.771. The van der Waals surface area contributed by atoms with E-state index in [0.717, 1.165) is 76.4 Å². The smallest absolute Gasteiger partial charge is 0.230 e. The zero-order valence-corrected chi connectivity index (χ0v) is 15.5. The Morgan fingerprint density at radius 2 is 1.96 bits per heavy atom. The van der Waals surface area contributed by atoms with Crippen molar-refractivity contribution in [3.8, 4) is 0 Å². The molecule has 3 aliphatic heterocycles. The van der Waals surface area contributed by atoms with Crippen molar-refractivity contribution in [1.82, 2.24) is 25.0 Å². The van der Waals surface area contributed by atoms with Gasteiger partial charge in [-0.2, -0.15) is 0 Å². The third-order valence-corrected chi connectivity index (χ3v) is 5.86. The van der Waals surface area contributed by atoms with Crippen molar-refractivity contribution in [2.24, 2.45) is 0 Å². The molecule has 3 fully saturated rings. The number of hydrogen-bond acceptors (Lipinski definition) is 8. The van der Waals surface area contributed by atoms with Gasteiger partial charge in [0.25, 0.3) is 0 Å². The molecule has 0 amide bonds. The zero-order chi connectivity index (χ0) is 18.1. The summed E-state index contributed by atoms with van der Waals surface area (Å²) in [5.41, 5.74) is 0. The lowest BCUT2D eigenvalue weighted by Crippen LogP contribution is -2.62. The number of rotatable bonds is 5. The minimum atomic E-state index is 0.283. The van der Waals surface area contributed by atoms with Gasteiger partial charge in [0, 0.05) is 58.1 Å². The molecule has 1 atom stereocenters. The Labute approximate surface area is 159 Å². The molecular weight excluding hydrogens is 344 g/mol. The second-order valence-electron chi connectivity index (χ2n) is 7.65. The lowest BCUT2D eigenvalue weighted by molar-refractivity contribution is 0.0203. The van der Waals surface area contributed by atoms with Gasteiger partial charge >= 0.3 is 0 Å². The number of pyridine rings is 1. The molecule has 0 bridgehead atoms. The predicted molar refractivity (Wildman–Crippen MR) is 99.6 cm³/mol. The minimum Gasteiger partial charge on any atom is -0.423 e. The van der Waals surface area contributed by atoms with Crippen LogP contribution in [0.15, 0.2) is 28.8 Å². The highest BCUT2D eigenvalue weighted by Gasteiger charge is 2.34. The Bertz CT molecular complexity index is 734. The third kappa shape index (κ3) is 3.69. The van der Waals surface area contributed by atoms with E-state index in [1.165, 1.54) is 0 Å². The fourth-order valence-electron chi connectivity index (χ4n) is 4.18. The fourth-order valence-corrected chi connectivity index (χ4v) is 4.18. The van der Waals surface area contributed by atoms with Crippen LogP contribution in [0.3, 0.4) is 0 Å². The van der Waals surface area contributed by atoms with Crippen molar-refractivity contribution in [2.45, 2.75) is 24.9 Å². The van der Waals surface area contributed by atoms with E-state index >= 15 is 0 Å². The molecule has 0 aromatic carbocycles. The van der Waals surface area contributed by atoms with E-state index in [1.807, 2.05) is 12.3 Å². The lowest BCUT2D eigenvalue weighted by atomic mass is 10.1. The van der Waals surface area contributed by atoms with Crippen LogP contribution in [0.2, 0.25) is 0 Å². The molecule has 0 saturated carbocycles. The Hall–Kier alpha value is -2.03. The molecule has 0 N–H and O–H groups in total. The zero-order valence-electron chi connectivity index (χ0n) is 15.5. The number of anilines is 1. The first-order valence-electron chi connectivity index (χ1n) is 9.87. The first-order chi connectivity index (χ1) is 13.3. The molecule has 0 aliphatic carbocycles. The van der Waals surface area contributed by atoms with Gasteiger partial charge in [0.2, 0.25) is 11.8 Å². The van der Waals surface area contributed by atoms with Crippen molar-refractivity contribution >= 4 is 5.82 Å². The third-order valence-electron chi connectivity index (χ3n) is 5.86. The molecule has 2 aromatic rings. The average Bonchev–Trinajstić information content (AvgIpc) is 3.37. The van der Waals surface area contributed by atoms with E-state index in [1.54, 1.807) is 0 Å². The summed E-state index contributed by atoms with van der Waals surface area (Å²) in [4.78, 5) is 11.8. The Morgan fingerprint density at radius 1 is 1.07 bits per heavy atom. The molecule has 1 unspecified atom stereocenters. The number of likely N-dealkylation sites (tertiary alicyclic amines) is 1. The molecule has 5 heterocycles. The van der Waals surface area contributed by atoms with Crippen LogP contribution in [0, 0.1) is 0 Å². The summed E-state index contributed by atoms with van der Waals surface area (Å²) >= 11 is 0. The molecule has 0 spiro atoms. The van der Waals surface area contributed by atoms with E-state index in [4.69, 9.17) is 9.15 Å². The van der Waals surface area contributed by atoms with Crippen LogP contribution in [0.5, 0.6) is 0 Å². The van der Waals surface area contributed by atoms with Crippen molar-refractivity contribution in [2.75, 3.05) is 57.4 Å². The molecule has 27 heavy (non-hydrogen) atoms. The highest BCUT2D eigenvalue weighted by atomic mass is 16.5. The van der Waals surface area contributed by atoms with E-state index in [0.29, 0.717) is 12.6 Å². The number of hydrogen-bond donors (Lipinski definition) is 0. The molecule has 5 rings (SSSR count). The monoisotopic (exact) mass is 370 g/mol. The summed E-state index contributed by atoms with van der Waals surface area (Å²) in [5, 5.41) is 8.43. The standard InChI is InChI=1S/C19H26N6O2/c1-2-5-20-17(3-1)25-8-6-24(7-9-25)16-11-23(12-16)13-18-21-22-19(27-18)15-4-10-26-14-15/h1-3,5,15-16H,4,6-14H2. The number of aromatic nitrogens is 3. The highest BCUT2D eigenvalue weighted by Crippen LogP contribution is 2.25. The summed E-state index contributed by atoms with van der Waals surface area (Å²) < 4.78 is 11.2. The van der Waals surface area contributed by atoms with Crippen molar-refractivity contribution < 1.29 is 9.15 Å². The SMILES string of the molecule is c1ccc(N2CCN(C3CN(Cc4nnc(C5CCOC5)o4)C3)CC2)nc1. The average molecular weight is 370 g/mol. The van der Waals surface area contributed by atoms with Crippen LogP contribution in [-0.4, -0.2) is 83.5 Å². The maximum atomic E-state index is 5.85. The second kappa shape index (κ2) is 7.53. The Morgan fingerprint density at radius 3 is 2.70 bits per heavy atom. The van der Waals surface area contributed by atoms with Crippen LogP contribution in [0.25, 0.3) is 0 Å². The van der Waals surface area contributed by atoms with Gasteiger partial charge < -0.3 is 14.1 Å². The van der Waals surface area contributed by atoms with Crippen LogP contribution < -0.4 is 4.90 Å². The maximum Gasteiger partial charge on any atom is 0.230 e. The normalized spacial score (nSPS) is 25.0. The lowest BCUT2D eigenvalue weighted by Gasteiger charge is -2.48. The van der Waals surface area contributed by atoms with Gasteiger partial charge in [0.15, 0.2) is 0 Å². The summed E-state index contributed by atoms with van der Waals surface area (Å²) in [6, 6.07) is 6.76. The van der Waals surface area contributed by atoms with Gasteiger partial charge in [-0.1, -0.05) is 6.07 Å². The molecule has 144 valence electrons. The summed E-state index contributed by atoms with van der Waals surface area (Å²) in [5.74, 6) is 2.85. The molecule has 3 saturated heterocycles. The van der Waals surface area contributed by atoms with E-state index < -0.39 is 0 Å². The molecular formula is C19H26N6O2. The summed E-state index contributed by atoms with van der Waals surface area (Å²) in [6.07, 6.45) is 2.85. The number of nitrogens with zero attached hydrogens (tertiary/aromatic N) is 6. The van der Waals surface area contributed by atoms with Gasteiger partial charge in [0.05, 0.1) is 19.1 Å².